The molecule has 0 aromatic rings. The molecule has 0 aliphatic rings. The molecule has 0 aliphatic carbocycles. The predicted octanol–water partition coefficient (Wildman–Crippen LogP) is 0.316. The minimum atomic E-state index is -1.20. The third-order valence-corrected chi connectivity index (χ3v) is 2.54. The number of hydrogen-bond acceptors (Lipinski definition) is 5. The zero-order valence-electron chi connectivity index (χ0n) is 9.58. The molecule has 0 rings (SSSR count). The van der Waals surface area contributed by atoms with Crippen LogP contribution in [-0.2, 0) is 0 Å². The van der Waals surface area contributed by atoms with E-state index in [1.54, 1.807) is 0 Å². The fourth-order valence-electron chi connectivity index (χ4n) is 1.53. The summed E-state index contributed by atoms with van der Waals surface area (Å²) in [4.78, 5) is 10.1. The standard InChI is InChI=1S/C10H21NO5/c1-2-3-4-5-10(14)9(11(15)16)6-8(13)7-12/h8-10,12-14H,2-7H2,1H3/t8?,9-,10+/m0/s1. The van der Waals surface area contributed by atoms with Crippen LogP contribution in [0.1, 0.15) is 39.0 Å². The highest BCUT2D eigenvalue weighted by molar-refractivity contribution is 4.72. The van der Waals surface area contributed by atoms with Crippen LogP contribution in [0.2, 0.25) is 0 Å². The van der Waals surface area contributed by atoms with Crippen LogP contribution in [0.15, 0.2) is 0 Å². The lowest BCUT2D eigenvalue weighted by Gasteiger charge is -2.17. The van der Waals surface area contributed by atoms with Gasteiger partial charge in [0, 0.05) is 11.3 Å². The van der Waals surface area contributed by atoms with Crippen LogP contribution in [0, 0.1) is 10.1 Å². The van der Waals surface area contributed by atoms with Gasteiger partial charge in [-0.1, -0.05) is 26.2 Å². The van der Waals surface area contributed by atoms with Crippen LogP contribution < -0.4 is 0 Å². The molecule has 0 aliphatic heterocycles. The number of nitrogens with zero attached hydrogens (tertiary/aromatic N) is 1. The molecule has 0 spiro atoms. The first-order chi connectivity index (χ1) is 7.52. The summed E-state index contributed by atoms with van der Waals surface area (Å²) in [7, 11) is 0. The Hall–Kier alpha value is -0.720. The summed E-state index contributed by atoms with van der Waals surface area (Å²) in [6.07, 6.45) is 0.587. The molecule has 0 heterocycles. The van der Waals surface area contributed by atoms with Crippen molar-refractivity contribution in [2.75, 3.05) is 6.61 Å². The smallest absolute Gasteiger partial charge is 0.241 e. The fraction of sp³-hybridized carbons (Fsp3) is 1.00. The van der Waals surface area contributed by atoms with E-state index in [9.17, 15) is 15.2 Å². The van der Waals surface area contributed by atoms with Gasteiger partial charge in [0.2, 0.25) is 6.04 Å². The van der Waals surface area contributed by atoms with Crippen LogP contribution in [0.25, 0.3) is 0 Å². The maximum atomic E-state index is 10.7. The predicted molar refractivity (Wildman–Crippen MR) is 58.6 cm³/mol. The highest BCUT2D eigenvalue weighted by atomic mass is 16.6. The molecule has 6 heteroatoms. The molecule has 1 unspecified atom stereocenters. The molecule has 0 radical (unpaired) electrons. The average Bonchev–Trinajstić information content (AvgIpc) is 2.25. The number of rotatable bonds is 9. The zero-order valence-corrected chi connectivity index (χ0v) is 9.58. The Morgan fingerprint density at radius 1 is 1.31 bits per heavy atom. The van der Waals surface area contributed by atoms with E-state index >= 15 is 0 Å². The molecule has 0 amide bonds. The lowest BCUT2D eigenvalue weighted by molar-refractivity contribution is -0.537. The van der Waals surface area contributed by atoms with E-state index < -0.39 is 29.8 Å². The number of aliphatic hydroxyl groups excluding tert-OH is 3. The molecule has 0 saturated heterocycles. The first-order valence-corrected chi connectivity index (χ1v) is 5.63. The van der Waals surface area contributed by atoms with E-state index in [4.69, 9.17) is 10.2 Å². The lowest BCUT2D eigenvalue weighted by Crippen LogP contribution is -2.37. The van der Waals surface area contributed by atoms with Gasteiger partial charge in [-0.05, 0) is 6.42 Å². The Bertz CT molecular complexity index is 200. The maximum absolute atomic E-state index is 10.7. The third-order valence-electron chi connectivity index (χ3n) is 2.54. The van der Waals surface area contributed by atoms with Crippen LogP contribution >= 0.6 is 0 Å². The van der Waals surface area contributed by atoms with Crippen molar-refractivity contribution >= 4 is 0 Å². The normalized spacial score (nSPS) is 16.8. The molecule has 0 saturated carbocycles. The van der Waals surface area contributed by atoms with Gasteiger partial charge in [0.25, 0.3) is 0 Å². The second-order valence-corrected chi connectivity index (χ2v) is 3.99. The Balaban J connectivity index is 4.13. The Kier molecular flexibility index (Phi) is 8.05. The summed E-state index contributed by atoms with van der Waals surface area (Å²) in [5, 5.41) is 38.0. The number of hydrogen-bond donors (Lipinski definition) is 3. The summed E-state index contributed by atoms with van der Waals surface area (Å²) in [6.45, 7) is 1.49. The first kappa shape index (κ1) is 15.3. The monoisotopic (exact) mass is 235 g/mol. The SMILES string of the molecule is CCCCC[C@@H](O)[C@H](CC(O)CO)[N+](=O)[O-]. The van der Waals surface area contributed by atoms with E-state index in [2.05, 4.69) is 0 Å². The van der Waals surface area contributed by atoms with E-state index in [0.717, 1.165) is 19.3 Å². The van der Waals surface area contributed by atoms with Gasteiger partial charge in [0.1, 0.15) is 6.10 Å². The maximum Gasteiger partial charge on any atom is 0.241 e. The molecule has 16 heavy (non-hydrogen) atoms. The van der Waals surface area contributed by atoms with Gasteiger partial charge in [-0.2, -0.15) is 0 Å². The molecule has 0 aromatic carbocycles. The number of nitro groups is 1. The summed E-state index contributed by atoms with van der Waals surface area (Å²) in [5.41, 5.74) is 0. The summed E-state index contributed by atoms with van der Waals surface area (Å²) in [6, 6.07) is -1.20. The third kappa shape index (κ3) is 5.99. The summed E-state index contributed by atoms with van der Waals surface area (Å²) >= 11 is 0. The van der Waals surface area contributed by atoms with Crippen molar-refractivity contribution in [3.63, 3.8) is 0 Å². The van der Waals surface area contributed by atoms with Gasteiger partial charge in [0.15, 0.2) is 0 Å². The van der Waals surface area contributed by atoms with Crippen LogP contribution in [-0.4, -0.2) is 45.1 Å². The average molecular weight is 235 g/mol. The molecular formula is C10H21NO5. The van der Waals surface area contributed by atoms with Gasteiger partial charge in [-0.25, -0.2) is 0 Å². The molecule has 3 atom stereocenters. The topological polar surface area (TPSA) is 104 Å². The first-order valence-electron chi connectivity index (χ1n) is 5.63. The van der Waals surface area contributed by atoms with E-state index in [-0.39, 0.29) is 6.42 Å². The largest absolute Gasteiger partial charge is 0.394 e. The van der Waals surface area contributed by atoms with Crippen LogP contribution in [0.3, 0.4) is 0 Å². The van der Waals surface area contributed by atoms with Crippen molar-refractivity contribution in [1.82, 2.24) is 0 Å². The summed E-state index contributed by atoms with van der Waals surface area (Å²) < 4.78 is 0. The van der Waals surface area contributed by atoms with Crippen molar-refractivity contribution in [2.24, 2.45) is 0 Å². The molecule has 6 nitrogen and oxygen atoms in total. The van der Waals surface area contributed by atoms with Crippen molar-refractivity contribution in [1.29, 1.82) is 0 Å². The highest BCUT2D eigenvalue weighted by Gasteiger charge is 2.31. The Morgan fingerprint density at radius 2 is 1.94 bits per heavy atom. The van der Waals surface area contributed by atoms with Gasteiger partial charge in [-0.3, -0.25) is 10.1 Å². The molecule has 3 N–H and O–H groups in total. The molecule has 96 valence electrons. The van der Waals surface area contributed by atoms with Crippen molar-refractivity contribution in [3.05, 3.63) is 10.1 Å². The molecular weight excluding hydrogens is 214 g/mol. The van der Waals surface area contributed by atoms with Crippen molar-refractivity contribution in [2.45, 2.75) is 57.3 Å². The Labute approximate surface area is 95.1 Å². The minimum Gasteiger partial charge on any atom is -0.394 e. The molecule has 0 aromatic heterocycles. The van der Waals surface area contributed by atoms with E-state index in [1.165, 1.54) is 0 Å². The lowest BCUT2D eigenvalue weighted by atomic mass is 9.99. The van der Waals surface area contributed by atoms with Crippen LogP contribution in [0.4, 0.5) is 0 Å². The second kappa shape index (κ2) is 8.43. The van der Waals surface area contributed by atoms with Gasteiger partial charge in [0.05, 0.1) is 12.7 Å². The van der Waals surface area contributed by atoms with E-state index in [0.29, 0.717) is 6.42 Å². The highest BCUT2D eigenvalue weighted by Crippen LogP contribution is 2.13. The summed E-state index contributed by atoms with van der Waals surface area (Å²) in [5.74, 6) is 0. The Morgan fingerprint density at radius 3 is 2.38 bits per heavy atom. The fourth-order valence-corrected chi connectivity index (χ4v) is 1.53. The quantitative estimate of drug-likeness (QED) is 0.303. The van der Waals surface area contributed by atoms with Gasteiger partial charge in [-0.15, -0.1) is 0 Å². The minimum absolute atomic E-state index is 0.212. The van der Waals surface area contributed by atoms with Crippen molar-refractivity contribution < 1.29 is 20.2 Å². The number of aliphatic hydroxyl groups is 3. The second-order valence-electron chi connectivity index (χ2n) is 3.99. The molecule has 0 bridgehead atoms. The van der Waals surface area contributed by atoms with Gasteiger partial charge >= 0.3 is 0 Å². The van der Waals surface area contributed by atoms with Crippen LogP contribution in [0.5, 0.6) is 0 Å². The number of unbranched alkanes of at least 4 members (excludes halogenated alkanes) is 2. The van der Waals surface area contributed by atoms with E-state index in [1.807, 2.05) is 6.92 Å². The van der Waals surface area contributed by atoms with Crippen molar-refractivity contribution in [3.8, 4) is 0 Å². The van der Waals surface area contributed by atoms with Gasteiger partial charge < -0.3 is 15.3 Å². The zero-order chi connectivity index (χ0) is 12.6. The molecule has 0 fully saturated rings.